The number of likely N-dealkylation sites (N-methyl/N-ethyl adjacent to an activating group) is 1. The van der Waals surface area contributed by atoms with Crippen LogP contribution >= 0.6 is 11.6 Å². The summed E-state index contributed by atoms with van der Waals surface area (Å²) in [6, 6.07) is 3.73. The molecule has 1 amide bonds. The number of rotatable bonds is 4. The van der Waals surface area contributed by atoms with Crippen molar-refractivity contribution in [1.82, 2.24) is 9.80 Å². The van der Waals surface area contributed by atoms with Gasteiger partial charge in [-0.1, -0.05) is 18.5 Å². The molecule has 1 heterocycles. The van der Waals surface area contributed by atoms with E-state index in [0.717, 1.165) is 32.7 Å². The van der Waals surface area contributed by atoms with Gasteiger partial charge in [0.25, 0.3) is 0 Å². The van der Waals surface area contributed by atoms with Gasteiger partial charge >= 0.3 is 0 Å². The number of anilines is 1. The molecule has 1 aromatic rings. The first-order valence-electron chi connectivity index (χ1n) is 7.23. The maximum absolute atomic E-state index is 13.0. The van der Waals surface area contributed by atoms with Crippen LogP contribution in [-0.2, 0) is 4.79 Å². The molecule has 0 aromatic heterocycles. The van der Waals surface area contributed by atoms with Crippen molar-refractivity contribution in [3.63, 3.8) is 0 Å². The van der Waals surface area contributed by atoms with Gasteiger partial charge in [0, 0.05) is 26.2 Å². The molecule has 0 aliphatic carbocycles. The summed E-state index contributed by atoms with van der Waals surface area (Å²) in [5.41, 5.74) is 0.446. The van der Waals surface area contributed by atoms with Gasteiger partial charge in [-0.3, -0.25) is 9.69 Å². The number of carbonyl (C=O) groups excluding carboxylic acids is 1. The van der Waals surface area contributed by atoms with Crippen molar-refractivity contribution >= 4 is 23.2 Å². The lowest BCUT2D eigenvalue weighted by Crippen LogP contribution is -2.52. The highest BCUT2D eigenvalue weighted by Crippen LogP contribution is 2.23. The summed E-state index contributed by atoms with van der Waals surface area (Å²) < 4.78 is 13.0. The van der Waals surface area contributed by atoms with Gasteiger partial charge in [0.2, 0.25) is 5.91 Å². The van der Waals surface area contributed by atoms with E-state index in [-0.39, 0.29) is 17.0 Å². The number of nitrogens with one attached hydrogen (secondary N) is 1. The van der Waals surface area contributed by atoms with Crippen molar-refractivity contribution in [2.45, 2.75) is 19.9 Å². The molecule has 0 bridgehead atoms. The molecule has 1 aromatic carbocycles. The zero-order valence-corrected chi connectivity index (χ0v) is 13.2. The minimum atomic E-state index is -0.415. The lowest BCUT2D eigenvalue weighted by Gasteiger charge is -2.36. The molecule has 0 saturated carbocycles. The molecule has 1 aliphatic rings. The first-order chi connectivity index (χ1) is 10.0. The van der Waals surface area contributed by atoms with Crippen LogP contribution in [0.5, 0.6) is 0 Å². The van der Waals surface area contributed by atoms with E-state index in [9.17, 15) is 9.18 Å². The van der Waals surface area contributed by atoms with E-state index < -0.39 is 5.82 Å². The SMILES string of the molecule is CCN1CCN([C@@H](C)C(=O)Nc2ccc(F)cc2Cl)CC1. The average Bonchev–Trinajstić information content (AvgIpc) is 2.49. The zero-order valence-electron chi connectivity index (χ0n) is 12.4. The van der Waals surface area contributed by atoms with Gasteiger partial charge in [-0.25, -0.2) is 4.39 Å². The molecule has 6 heteroatoms. The smallest absolute Gasteiger partial charge is 0.241 e. The van der Waals surface area contributed by atoms with E-state index in [0.29, 0.717) is 5.69 Å². The molecule has 21 heavy (non-hydrogen) atoms. The standard InChI is InChI=1S/C15H21ClFN3O/c1-3-19-6-8-20(9-7-19)11(2)15(21)18-14-5-4-12(17)10-13(14)16/h4-5,10-11H,3,6-9H2,1-2H3,(H,18,21)/t11-/m0/s1. The van der Waals surface area contributed by atoms with E-state index in [2.05, 4.69) is 22.0 Å². The van der Waals surface area contributed by atoms with Gasteiger partial charge in [0.15, 0.2) is 0 Å². The van der Waals surface area contributed by atoms with Crippen molar-refractivity contribution in [3.05, 3.63) is 29.0 Å². The predicted octanol–water partition coefficient (Wildman–Crippen LogP) is 2.44. The van der Waals surface area contributed by atoms with Crippen LogP contribution < -0.4 is 5.32 Å². The molecular formula is C15H21ClFN3O. The fourth-order valence-electron chi connectivity index (χ4n) is 2.46. The second-order valence-corrected chi connectivity index (χ2v) is 5.67. The molecule has 1 aliphatic heterocycles. The number of nitrogens with zero attached hydrogens (tertiary/aromatic N) is 2. The van der Waals surface area contributed by atoms with E-state index in [1.165, 1.54) is 18.2 Å². The molecule has 0 spiro atoms. The summed E-state index contributed by atoms with van der Waals surface area (Å²) in [7, 11) is 0. The summed E-state index contributed by atoms with van der Waals surface area (Å²) in [4.78, 5) is 16.8. The number of piperazine rings is 1. The maximum Gasteiger partial charge on any atom is 0.241 e. The molecule has 116 valence electrons. The Morgan fingerprint density at radius 1 is 1.38 bits per heavy atom. The lowest BCUT2D eigenvalue weighted by molar-refractivity contribution is -0.121. The highest BCUT2D eigenvalue weighted by molar-refractivity contribution is 6.33. The lowest BCUT2D eigenvalue weighted by atomic mass is 10.2. The molecule has 0 unspecified atom stereocenters. The summed E-state index contributed by atoms with van der Waals surface area (Å²) in [6.45, 7) is 8.77. The van der Waals surface area contributed by atoms with Crippen molar-refractivity contribution in [1.29, 1.82) is 0 Å². The topological polar surface area (TPSA) is 35.6 Å². The molecule has 2 rings (SSSR count). The van der Waals surface area contributed by atoms with Gasteiger partial charge in [0.1, 0.15) is 5.82 Å². The van der Waals surface area contributed by atoms with Gasteiger partial charge in [-0.2, -0.15) is 0 Å². The number of carbonyl (C=O) groups is 1. The van der Waals surface area contributed by atoms with Crippen LogP contribution in [0.1, 0.15) is 13.8 Å². The molecule has 0 radical (unpaired) electrons. The summed E-state index contributed by atoms with van der Waals surface area (Å²) >= 11 is 5.93. The monoisotopic (exact) mass is 313 g/mol. The van der Waals surface area contributed by atoms with Crippen molar-refractivity contribution in [3.8, 4) is 0 Å². The Hall–Kier alpha value is -1.17. The van der Waals surface area contributed by atoms with Crippen LogP contribution in [0.2, 0.25) is 5.02 Å². The Morgan fingerprint density at radius 2 is 2.05 bits per heavy atom. The van der Waals surface area contributed by atoms with E-state index >= 15 is 0 Å². The predicted molar refractivity (Wildman–Crippen MR) is 83.2 cm³/mol. The minimum absolute atomic E-state index is 0.117. The first kappa shape index (κ1) is 16.2. The Balaban J connectivity index is 1.93. The fourth-order valence-corrected chi connectivity index (χ4v) is 2.68. The maximum atomic E-state index is 13.0. The second kappa shape index (κ2) is 7.20. The van der Waals surface area contributed by atoms with Crippen LogP contribution in [0.4, 0.5) is 10.1 Å². The van der Waals surface area contributed by atoms with Crippen LogP contribution in [0.3, 0.4) is 0 Å². The molecular weight excluding hydrogens is 293 g/mol. The number of amides is 1. The Kier molecular flexibility index (Phi) is 5.56. The summed E-state index contributed by atoms with van der Waals surface area (Å²) in [5.74, 6) is -0.532. The number of hydrogen-bond donors (Lipinski definition) is 1. The number of halogens is 2. The van der Waals surface area contributed by atoms with Crippen molar-refractivity contribution in [2.75, 3.05) is 38.0 Å². The van der Waals surface area contributed by atoms with Gasteiger partial charge in [0.05, 0.1) is 16.8 Å². The molecule has 1 saturated heterocycles. The summed E-state index contributed by atoms with van der Waals surface area (Å²) in [5, 5.41) is 2.98. The van der Waals surface area contributed by atoms with Crippen LogP contribution in [0, 0.1) is 5.82 Å². The van der Waals surface area contributed by atoms with Gasteiger partial charge < -0.3 is 10.2 Å². The molecule has 1 fully saturated rings. The number of hydrogen-bond acceptors (Lipinski definition) is 3. The second-order valence-electron chi connectivity index (χ2n) is 5.26. The normalized spacial score (nSPS) is 18.5. The Bertz CT molecular complexity index is 504. The Morgan fingerprint density at radius 3 is 2.62 bits per heavy atom. The van der Waals surface area contributed by atoms with Crippen molar-refractivity contribution in [2.24, 2.45) is 0 Å². The first-order valence-corrected chi connectivity index (χ1v) is 7.61. The fraction of sp³-hybridized carbons (Fsp3) is 0.533. The van der Waals surface area contributed by atoms with Crippen LogP contribution in [0.25, 0.3) is 0 Å². The van der Waals surface area contributed by atoms with Crippen molar-refractivity contribution < 1.29 is 9.18 Å². The van der Waals surface area contributed by atoms with E-state index in [4.69, 9.17) is 11.6 Å². The average molecular weight is 314 g/mol. The quantitative estimate of drug-likeness (QED) is 0.927. The number of benzene rings is 1. The van der Waals surface area contributed by atoms with E-state index in [1.54, 1.807) is 0 Å². The summed E-state index contributed by atoms with van der Waals surface area (Å²) in [6.07, 6.45) is 0. The van der Waals surface area contributed by atoms with Gasteiger partial charge in [-0.15, -0.1) is 0 Å². The zero-order chi connectivity index (χ0) is 15.4. The molecule has 4 nitrogen and oxygen atoms in total. The Labute approximate surface area is 129 Å². The van der Waals surface area contributed by atoms with Gasteiger partial charge in [-0.05, 0) is 31.7 Å². The molecule has 1 atom stereocenters. The minimum Gasteiger partial charge on any atom is -0.323 e. The van der Waals surface area contributed by atoms with Crippen LogP contribution in [0.15, 0.2) is 18.2 Å². The largest absolute Gasteiger partial charge is 0.323 e. The third kappa shape index (κ3) is 4.15. The third-order valence-electron chi connectivity index (χ3n) is 3.97. The van der Waals surface area contributed by atoms with Crippen LogP contribution in [-0.4, -0.2) is 54.5 Å². The molecule has 1 N–H and O–H groups in total. The highest BCUT2D eigenvalue weighted by Gasteiger charge is 2.25. The third-order valence-corrected chi connectivity index (χ3v) is 4.28. The van der Waals surface area contributed by atoms with E-state index in [1.807, 2.05) is 6.92 Å². The highest BCUT2D eigenvalue weighted by atomic mass is 35.5.